The van der Waals surface area contributed by atoms with Crippen LogP contribution in [0.1, 0.15) is 11.1 Å². The van der Waals surface area contributed by atoms with Crippen molar-refractivity contribution in [2.24, 2.45) is 0 Å². The second-order valence-corrected chi connectivity index (χ2v) is 7.29. The summed E-state index contributed by atoms with van der Waals surface area (Å²) in [5.74, 6) is -0.321. The molecule has 0 bridgehead atoms. The Hall–Kier alpha value is -4.08. The SMILES string of the molecule is Cc1ccc(Cl)cc1NC(=O)/C(C#N)=C/c1ccc(OCC(=O)Nc2ccccc2)cc1. The number of rotatable bonds is 7. The molecule has 0 heterocycles. The van der Waals surface area contributed by atoms with Crippen molar-refractivity contribution in [2.75, 3.05) is 17.2 Å². The third-order valence-electron chi connectivity index (χ3n) is 4.43. The van der Waals surface area contributed by atoms with Gasteiger partial charge < -0.3 is 15.4 Å². The first-order valence-corrected chi connectivity index (χ1v) is 10.1. The van der Waals surface area contributed by atoms with Crippen molar-refractivity contribution in [1.29, 1.82) is 5.26 Å². The van der Waals surface area contributed by atoms with Crippen LogP contribution in [-0.4, -0.2) is 18.4 Å². The average molecular weight is 446 g/mol. The number of amides is 2. The number of halogens is 1. The number of nitriles is 1. The lowest BCUT2D eigenvalue weighted by atomic mass is 10.1. The lowest BCUT2D eigenvalue weighted by molar-refractivity contribution is -0.118. The Morgan fingerprint density at radius 1 is 1.03 bits per heavy atom. The van der Waals surface area contributed by atoms with Crippen molar-refractivity contribution in [2.45, 2.75) is 6.92 Å². The third-order valence-corrected chi connectivity index (χ3v) is 4.67. The van der Waals surface area contributed by atoms with Crippen LogP contribution in [0.3, 0.4) is 0 Å². The fraction of sp³-hybridized carbons (Fsp3) is 0.0800. The maximum atomic E-state index is 12.5. The predicted molar refractivity (Wildman–Crippen MR) is 125 cm³/mol. The Balaban J connectivity index is 1.60. The van der Waals surface area contributed by atoms with Gasteiger partial charge in [-0.3, -0.25) is 9.59 Å². The lowest BCUT2D eigenvalue weighted by Crippen LogP contribution is -2.20. The average Bonchev–Trinajstić information content (AvgIpc) is 2.80. The lowest BCUT2D eigenvalue weighted by Gasteiger charge is -2.09. The fourth-order valence-corrected chi connectivity index (χ4v) is 2.93. The minimum atomic E-state index is -0.532. The summed E-state index contributed by atoms with van der Waals surface area (Å²) in [5.41, 5.74) is 2.65. The number of nitrogens with zero attached hydrogens (tertiary/aromatic N) is 1. The number of ether oxygens (including phenoxy) is 1. The highest BCUT2D eigenvalue weighted by Gasteiger charge is 2.11. The van der Waals surface area contributed by atoms with Gasteiger partial charge in [0.2, 0.25) is 0 Å². The van der Waals surface area contributed by atoms with E-state index in [0.29, 0.717) is 27.7 Å². The first kappa shape index (κ1) is 22.6. The molecule has 7 heteroatoms. The van der Waals surface area contributed by atoms with Gasteiger partial charge in [0.15, 0.2) is 6.61 Å². The molecule has 0 saturated heterocycles. The standard InChI is InChI=1S/C25H20ClN3O3/c1-17-7-10-20(26)14-23(17)29-25(31)19(15-27)13-18-8-11-22(12-9-18)32-16-24(30)28-21-5-3-2-4-6-21/h2-14H,16H2,1H3,(H,28,30)(H,29,31)/b19-13+. The highest BCUT2D eigenvalue weighted by atomic mass is 35.5. The fourth-order valence-electron chi connectivity index (χ4n) is 2.76. The van der Waals surface area contributed by atoms with Crippen molar-refractivity contribution in [3.8, 4) is 11.8 Å². The second kappa shape index (κ2) is 10.8. The monoisotopic (exact) mass is 445 g/mol. The molecule has 3 rings (SSSR count). The quantitative estimate of drug-likeness (QED) is 0.385. The van der Waals surface area contributed by atoms with Gasteiger partial charge in [-0.1, -0.05) is 48.0 Å². The Labute approximate surface area is 191 Å². The van der Waals surface area contributed by atoms with E-state index in [1.807, 2.05) is 31.2 Å². The van der Waals surface area contributed by atoms with Crippen LogP contribution in [0.15, 0.2) is 78.4 Å². The van der Waals surface area contributed by atoms with E-state index in [4.69, 9.17) is 16.3 Å². The molecule has 0 radical (unpaired) electrons. The van der Waals surface area contributed by atoms with E-state index in [0.717, 1.165) is 5.56 Å². The summed E-state index contributed by atoms with van der Waals surface area (Å²) in [7, 11) is 0. The molecule has 6 nitrogen and oxygen atoms in total. The Kier molecular flexibility index (Phi) is 7.63. The number of hydrogen-bond acceptors (Lipinski definition) is 4. The molecule has 0 atom stereocenters. The number of benzene rings is 3. The van der Waals surface area contributed by atoms with Crippen molar-refractivity contribution in [3.05, 3.63) is 94.5 Å². The Bertz CT molecular complexity index is 1180. The number of aryl methyl sites for hydroxylation is 1. The van der Waals surface area contributed by atoms with Gasteiger partial charge in [-0.15, -0.1) is 0 Å². The smallest absolute Gasteiger partial charge is 0.266 e. The van der Waals surface area contributed by atoms with Crippen LogP contribution in [0.5, 0.6) is 5.75 Å². The molecule has 0 spiro atoms. The van der Waals surface area contributed by atoms with Gasteiger partial charge in [-0.2, -0.15) is 5.26 Å². The van der Waals surface area contributed by atoms with Crippen molar-refractivity contribution < 1.29 is 14.3 Å². The molecule has 2 N–H and O–H groups in total. The molecule has 0 fully saturated rings. The van der Waals surface area contributed by atoms with E-state index in [-0.39, 0.29) is 18.1 Å². The highest BCUT2D eigenvalue weighted by molar-refractivity contribution is 6.31. The van der Waals surface area contributed by atoms with Crippen LogP contribution in [0.4, 0.5) is 11.4 Å². The number of para-hydroxylation sites is 1. The zero-order valence-electron chi connectivity index (χ0n) is 17.3. The van der Waals surface area contributed by atoms with E-state index in [2.05, 4.69) is 10.6 Å². The van der Waals surface area contributed by atoms with Gasteiger partial charge in [-0.05, 0) is 60.5 Å². The molecule has 3 aromatic carbocycles. The zero-order valence-corrected chi connectivity index (χ0v) is 18.0. The van der Waals surface area contributed by atoms with Gasteiger partial charge >= 0.3 is 0 Å². The van der Waals surface area contributed by atoms with Gasteiger partial charge in [-0.25, -0.2) is 0 Å². The van der Waals surface area contributed by atoms with Crippen LogP contribution in [0.2, 0.25) is 5.02 Å². The molecule has 0 unspecified atom stereocenters. The van der Waals surface area contributed by atoms with Crippen LogP contribution in [-0.2, 0) is 9.59 Å². The maximum Gasteiger partial charge on any atom is 0.266 e. The van der Waals surface area contributed by atoms with Crippen LogP contribution < -0.4 is 15.4 Å². The van der Waals surface area contributed by atoms with Crippen molar-refractivity contribution >= 4 is 40.9 Å². The molecule has 2 amide bonds. The van der Waals surface area contributed by atoms with Crippen LogP contribution in [0.25, 0.3) is 6.08 Å². The zero-order chi connectivity index (χ0) is 22.9. The number of anilines is 2. The predicted octanol–water partition coefficient (Wildman–Crippen LogP) is 5.21. The molecule has 160 valence electrons. The molecule has 0 aliphatic carbocycles. The minimum absolute atomic E-state index is 0.0553. The molecule has 0 aliphatic rings. The van der Waals surface area contributed by atoms with Crippen LogP contribution >= 0.6 is 11.6 Å². The van der Waals surface area contributed by atoms with E-state index < -0.39 is 5.91 Å². The van der Waals surface area contributed by atoms with Crippen molar-refractivity contribution in [1.82, 2.24) is 0 Å². The Morgan fingerprint density at radius 2 is 1.75 bits per heavy atom. The molecular weight excluding hydrogens is 426 g/mol. The summed E-state index contributed by atoms with van der Waals surface area (Å²) in [6, 6.07) is 22.9. The second-order valence-electron chi connectivity index (χ2n) is 6.86. The maximum absolute atomic E-state index is 12.5. The number of hydrogen-bond donors (Lipinski definition) is 2. The topological polar surface area (TPSA) is 91.2 Å². The van der Waals surface area contributed by atoms with Crippen LogP contribution in [0, 0.1) is 18.3 Å². The number of carbonyl (C=O) groups excluding carboxylic acids is 2. The van der Waals surface area contributed by atoms with E-state index in [1.165, 1.54) is 6.08 Å². The van der Waals surface area contributed by atoms with E-state index in [1.54, 1.807) is 54.6 Å². The summed E-state index contributed by atoms with van der Waals surface area (Å²) in [6.07, 6.45) is 1.47. The van der Waals surface area contributed by atoms with Crippen molar-refractivity contribution in [3.63, 3.8) is 0 Å². The number of nitrogens with one attached hydrogen (secondary N) is 2. The molecule has 0 saturated carbocycles. The van der Waals surface area contributed by atoms with Gasteiger partial charge in [0.25, 0.3) is 11.8 Å². The van der Waals surface area contributed by atoms with Gasteiger partial charge in [0.05, 0.1) is 0 Å². The van der Waals surface area contributed by atoms with Gasteiger partial charge in [0, 0.05) is 16.4 Å². The summed E-state index contributed by atoms with van der Waals surface area (Å²) in [4.78, 5) is 24.5. The largest absolute Gasteiger partial charge is 0.484 e. The number of carbonyl (C=O) groups is 2. The molecule has 3 aromatic rings. The summed E-state index contributed by atoms with van der Waals surface area (Å²) in [5, 5.41) is 15.3. The molecule has 0 aromatic heterocycles. The highest BCUT2D eigenvalue weighted by Crippen LogP contribution is 2.21. The molecular formula is C25H20ClN3O3. The minimum Gasteiger partial charge on any atom is -0.484 e. The third kappa shape index (κ3) is 6.46. The summed E-state index contributed by atoms with van der Waals surface area (Å²) in [6.45, 7) is 1.69. The summed E-state index contributed by atoms with van der Waals surface area (Å²) >= 11 is 5.98. The first-order chi connectivity index (χ1) is 15.4. The van der Waals surface area contributed by atoms with E-state index >= 15 is 0 Å². The Morgan fingerprint density at radius 3 is 2.44 bits per heavy atom. The summed E-state index contributed by atoms with van der Waals surface area (Å²) < 4.78 is 5.49. The van der Waals surface area contributed by atoms with Gasteiger partial charge in [0.1, 0.15) is 17.4 Å². The first-order valence-electron chi connectivity index (χ1n) is 9.71. The molecule has 0 aliphatic heterocycles. The normalized spacial score (nSPS) is 10.7. The van der Waals surface area contributed by atoms with E-state index in [9.17, 15) is 14.9 Å². The molecule has 32 heavy (non-hydrogen) atoms.